The van der Waals surface area contributed by atoms with Gasteiger partial charge in [0, 0.05) is 5.56 Å². The van der Waals surface area contributed by atoms with Gasteiger partial charge in [-0.2, -0.15) is 8.42 Å². The van der Waals surface area contributed by atoms with E-state index in [0.717, 1.165) is 11.1 Å². The fourth-order valence-electron chi connectivity index (χ4n) is 3.30. The van der Waals surface area contributed by atoms with Crippen LogP contribution in [0, 0.1) is 6.92 Å². The molecule has 34 heavy (non-hydrogen) atoms. The number of carbonyl (C=O) groups is 1. The molecule has 0 unspecified atom stereocenters. The maximum Gasteiger partial charge on any atom is 0.363 e. The van der Waals surface area contributed by atoms with E-state index >= 15 is 0 Å². The second kappa shape index (κ2) is 8.91. The standard InChI is InChI=1S/C27H25NO5S/c1-18-5-15-23(16-6-18)34(30,31)33-22-13-7-19(8-14-22)17-24-26(29)32-25(28-24)20-9-11-21(12-10-20)27(2,3)4/h5-17H,1-4H3/b24-17-. The van der Waals surface area contributed by atoms with E-state index in [-0.39, 0.29) is 27.7 Å². The molecule has 0 atom stereocenters. The van der Waals surface area contributed by atoms with Gasteiger partial charge in [0.15, 0.2) is 5.70 Å². The van der Waals surface area contributed by atoms with Crippen LogP contribution in [0.4, 0.5) is 0 Å². The third-order valence-electron chi connectivity index (χ3n) is 5.32. The van der Waals surface area contributed by atoms with E-state index in [1.165, 1.54) is 29.8 Å². The Kier molecular flexibility index (Phi) is 6.15. The fraction of sp³-hybridized carbons (Fsp3) is 0.185. The molecule has 1 heterocycles. The highest BCUT2D eigenvalue weighted by molar-refractivity contribution is 7.87. The molecule has 0 amide bonds. The van der Waals surface area contributed by atoms with Crippen LogP contribution in [0.2, 0.25) is 0 Å². The van der Waals surface area contributed by atoms with Gasteiger partial charge in [0.25, 0.3) is 0 Å². The van der Waals surface area contributed by atoms with Gasteiger partial charge >= 0.3 is 16.1 Å². The van der Waals surface area contributed by atoms with E-state index < -0.39 is 16.1 Å². The van der Waals surface area contributed by atoms with Crippen LogP contribution in [0.1, 0.15) is 43.0 Å². The first-order valence-electron chi connectivity index (χ1n) is 10.8. The Bertz CT molecular complexity index is 1380. The van der Waals surface area contributed by atoms with Gasteiger partial charge in [-0.3, -0.25) is 0 Å². The molecule has 0 radical (unpaired) electrons. The lowest BCUT2D eigenvalue weighted by Gasteiger charge is -2.18. The van der Waals surface area contributed by atoms with Crippen molar-refractivity contribution in [3.63, 3.8) is 0 Å². The Morgan fingerprint density at radius 3 is 2.09 bits per heavy atom. The molecular formula is C27H25NO5S. The molecule has 174 valence electrons. The van der Waals surface area contributed by atoms with Crippen LogP contribution in [0.15, 0.2) is 88.4 Å². The van der Waals surface area contributed by atoms with Gasteiger partial charge in [0.2, 0.25) is 5.90 Å². The monoisotopic (exact) mass is 475 g/mol. The number of hydrogen-bond acceptors (Lipinski definition) is 6. The highest BCUT2D eigenvalue weighted by atomic mass is 32.2. The summed E-state index contributed by atoms with van der Waals surface area (Å²) in [6.07, 6.45) is 1.58. The lowest BCUT2D eigenvalue weighted by molar-refractivity contribution is -0.129. The van der Waals surface area contributed by atoms with E-state index in [2.05, 4.69) is 25.8 Å². The predicted molar refractivity (Wildman–Crippen MR) is 131 cm³/mol. The van der Waals surface area contributed by atoms with Gasteiger partial charge in [0.05, 0.1) is 0 Å². The van der Waals surface area contributed by atoms with Crippen molar-refractivity contribution in [3.05, 3.63) is 101 Å². The zero-order valence-electron chi connectivity index (χ0n) is 19.4. The molecule has 0 spiro atoms. The number of rotatable bonds is 5. The molecule has 0 aromatic heterocycles. The van der Waals surface area contributed by atoms with Crippen LogP contribution in [0.3, 0.4) is 0 Å². The lowest BCUT2D eigenvalue weighted by Crippen LogP contribution is -2.11. The second-order valence-corrected chi connectivity index (χ2v) is 10.6. The van der Waals surface area contributed by atoms with Gasteiger partial charge in [-0.05, 0) is 65.9 Å². The minimum atomic E-state index is -3.94. The largest absolute Gasteiger partial charge is 0.402 e. The third kappa shape index (κ3) is 5.26. The van der Waals surface area contributed by atoms with E-state index in [1.54, 1.807) is 30.3 Å². The number of nitrogens with zero attached hydrogens (tertiary/aromatic N) is 1. The SMILES string of the molecule is Cc1ccc(S(=O)(=O)Oc2ccc(/C=C3\N=C(c4ccc(C(C)(C)C)cc4)OC3=O)cc2)cc1. The predicted octanol–water partition coefficient (Wildman–Crippen LogP) is 5.40. The van der Waals surface area contributed by atoms with E-state index in [4.69, 9.17) is 8.92 Å². The summed E-state index contributed by atoms with van der Waals surface area (Å²) in [5, 5.41) is 0. The molecule has 0 saturated heterocycles. The summed E-state index contributed by atoms with van der Waals surface area (Å²) in [7, 11) is -3.94. The van der Waals surface area contributed by atoms with Crippen LogP contribution < -0.4 is 4.18 Å². The van der Waals surface area contributed by atoms with Crippen LogP contribution in [0.25, 0.3) is 6.08 Å². The van der Waals surface area contributed by atoms with Crippen LogP contribution >= 0.6 is 0 Å². The Balaban J connectivity index is 1.50. The summed E-state index contributed by atoms with van der Waals surface area (Å²) in [6.45, 7) is 8.26. The molecule has 0 N–H and O–H groups in total. The van der Waals surface area contributed by atoms with Crippen molar-refractivity contribution in [1.29, 1.82) is 0 Å². The molecule has 1 aliphatic rings. The molecule has 0 bridgehead atoms. The van der Waals surface area contributed by atoms with Crippen LogP contribution in [-0.4, -0.2) is 20.3 Å². The number of carbonyl (C=O) groups excluding carboxylic acids is 1. The second-order valence-electron chi connectivity index (χ2n) is 9.08. The number of esters is 1. The molecule has 0 fully saturated rings. The van der Waals surface area contributed by atoms with Crippen molar-refractivity contribution in [2.45, 2.75) is 38.0 Å². The van der Waals surface area contributed by atoms with Gasteiger partial charge in [-0.15, -0.1) is 0 Å². The number of aryl methyl sites for hydroxylation is 1. The van der Waals surface area contributed by atoms with Crippen LogP contribution in [0.5, 0.6) is 5.75 Å². The fourth-order valence-corrected chi connectivity index (χ4v) is 4.23. The van der Waals surface area contributed by atoms with Crippen molar-refractivity contribution in [3.8, 4) is 5.75 Å². The third-order valence-corrected chi connectivity index (χ3v) is 6.58. The minimum Gasteiger partial charge on any atom is -0.402 e. The van der Waals surface area contributed by atoms with Gasteiger partial charge in [0.1, 0.15) is 10.6 Å². The minimum absolute atomic E-state index is 0.0209. The highest BCUT2D eigenvalue weighted by Gasteiger charge is 2.25. The Labute approximate surface area is 199 Å². The summed E-state index contributed by atoms with van der Waals surface area (Å²) < 4.78 is 35.5. The summed E-state index contributed by atoms with van der Waals surface area (Å²) in [4.78, 5) is 16.7. The molecule has 3 aromatic carbocycles. The maximum absolute atomic E-state index is 12.5. The number of aliphatic imine (C=N–C) groups is 1. The average Bonchev–Trinajstić information content (AvgIpc) is 3.15. The van der Waals surface area contributed by atoms with Gasteiger partial charge < -0.3 is 8.92 Å². The summed E-state index contributed by atoms with van der Waals surface area (Å²) in [5.74, 6) is -0.127. The zero-order chi connectivity index (χ0) is 24.5. The molecule has 6 nitrogen and oxygen atoms in total. The van der Waals surface area contributed by atoms with Gasteiger partial charge in [-0.25, -0.2) is 9.79 Å². The smallest absolute Gasteiger partial charge is 0.363 e. The van der Waals surface area contributed by atoms with E-state index in [9.17, 15) is 13.2 Å². The molecule has 4 rings (SSSR count). The average molecular weight is 476 g/mol. The van der Waals surface area contributed by atoms with Crippen molar-refractivity contribution < 1.29 is 22.1 Å². The van der Waals surface area contributed by atoms with Crippen LogP contribution in [-0.2, 0) is 25.1 Å². The normalized spacial score (nSPS) is 15.2. The Hall–Kier alpha value is -3.71. The first kappa shape index (κ1) is 23.4. The van der Waals surface area contributed by atoms with Crippen molar-refractivity contribution >= 4 is 28.1 Å². The lowest BCUT2D eigenvalue weighted by atomic mass is 9.87. The molecule has 3 aromatic rings. The molecule has 0 aliphatic carbocycles. The quantitative estimate of drug-likeness (QED) is 0.280. The Morgan fingerprint density at radius 2 is 1.50 bits per heavy atom. The molecular weight excluding hydrogens is 450 g/mol. The maximum atomic E-state index is 12.5. The van der Waals surface area contributed by atoms with Gasteiger partial charge in [-0.1, -0.05) is 62.7 Å². The van der Waals surface area contributed by atoms with Crippen molar-refractivity contribution in [1.82, 2.24) is 0 Å². The Morgan fingerprint density at radius 1 is 0.882 bits per heavy atom. The summed E-state index contributed by atoms with van der Waals surface area (Å²) in [5.41, 5.74) is 3.68. The number of benzene rings is 3. The molecule has 1 aliphatic heterocycles. The molecule has 0 saturated carbocycles. The zero-order valence-corrected chi connectivity index (χ0v) is 20.2. The first-order chi connectivity index (χ1) is 16.0. The van der Waals surface area contributed by atoms with Crippen molar-refractivity contribution in [2.75, 3.05) is 0 Å². The summed E-state index contributed by atoms with van der Waals surface area (Å²) in [6, 6.07) is 20.5. The summed E-state index contributed by atoms with van der Waals surface area (Å²) >= 11 is 0. The van der Waals surface area contributed by atoms with Crippen molar-refractivity contribution in [2.24, 2.45) is 4.99 Å². The first-order valence-corrected chi connectivity index (χ1v) is 12.2. The number of hydrogen-bond donors (Lipinski definition) is 0. The topological polar surface area (TPSA) is 82.0 Å². The molecule has 7 heteroatoms. The highest BCUT2D eigenvalue weighted by Crippen LogP contribution is 2.25. The van der Waals surface area contributed by atoms with E-state index in [1.807, 2.05) is 31.2 Å². The number of cyclic esters (lactones) is 1. The van der Waals surface area contributed by atoms with E-state index in [0.29, 0.717) is 5.56 Å². The number of ether oxygens (including phenoxy) is 1.